The van der Waals surface area contributed by atoms with E-state index in [2.05, 4.69) is 30.9 Å². The first-order valence-electron chi connectivity index (χ1n) is 12.7. The van der Waals surface area contributed by atoms with Gasteiger partial charge in [0.1, 0.15) is 17.8 Å². The molecule has 0 unspecified atom stereocenters. The molecule has 0 aliphatic carbocycles. The minimum Gasteiger partial charge on any atom is -0.381 e. The van der Waals surface area contributed by atoms with Gasteiger partial charge in [0.05, 0.1) is 6.04 Å². The molecule has 1 aliphatic heterocycles. The highest BCUT2D eigenvalue weighted by Gasteiger charge is 2.20. The second-order valence-corrected chi connectivity index (χ2v) is 9.74. The summed E-state index contributed by atoms with van der Waals surface area (Å²) in [7, 11) is 0. The van der Waals surface area contributed by atoms with Crippen molar-refractivity contribution in [2.24, 2.45) is 0 Å². The Morgan fingerprint density at radius 1 is 1.24 bits per heavy atom. The fraction of sp³-hybridized carbons (Fsp3) is 0.333. The van der Waals surface area contributed by atoms with E-state index in [1.165, 1.54) is 0 Å². The van der Waals surface area contributed by atoms with Crippen molar-refractivity contribution in [1.29, 1.82) is 0 Å². The molecule has 4 N–H and O–H groups in total. The van der Waals surface area contributed by atoms with Crippen LogP contribution in [-0.2, 0) is 11.3 Å². The molecule has 38 heavy (non-hydrogen) atoms. The first-order valence-corrected chi connectivity index (χ1v) is 13.0. The third-order valence-electron chi connectivity index (χ3n) is 6.44. The summed E-state index contributed by atoms with van der Waals surface area (Å²) in [6.45, 7) is 4.55. The Morgan fingerprint density at radius 3 is 2.89 bits per heavy atom. The van der Waals surface area contributed by atoms with Crippen molar-refractivity contribution in [3.05, 3.63) is 88.9 Å². The summed E-state index contributed by atoms with van der Waals surface area (Å²) in [6.07, 6.45) is 8.76. The number of aryl methyl sites for hydroxylation is 1. The van der Waals surface area contributed by atoms with Crippen LogP contribution in [0.2, 0.25) is 5.02 Å². The summed E-state index contributed by atoms with van der Waals surface area (Å²) in [5.41, 5.74) is 3.13. The van der Waals surface area contributed by atoms with Crippen LogP contribution in [0, 0.1) is 6.92 Å². The molecule has 5 rings (SSSR count). The second kappa shape index (κ2) is 12.2. The molecular formula is C27H31ClN8O2. The molecule has 10 nitrogen and oxygen atoms in total. The Bertz CT molecular complexity index is 1350. The number of carbonyl (C=O) groups is 1. The van der Waals surface area contributed by atoms with Crippen molar-refractivity contribution >= 4 is 23.5 Å². The Morgan fingerprint density at radius 2 is 2.11 bits per heavy atom. The highest BCUT2D eigenvalue weighted by atomic mass is 35.5. The molecule has 1 fully saturated rings. The van der Waals surface area contributed by atoms with E-state index in [0.717, 1.165) is 42.9 Å². The monoisotopic (exact) mass is 534 g/mol. The number of carbonyl (C=O) groups excluding carboxylic acids is 1. The van der Waals surface area contributed by atoms with Gasteiger partial charge in [0, 0.05) is 67.2 Å². The summed E-state index contributed by atoms with van der Waals surface area (Å²) >= 11 is 6.24. The van der Waals surface area contributed by atoms with E-state index < -0.39 is 0 Å². The van der Waals surface area contributed by atoms with E-state index in [0.29, 0.717) is 35.6 Å². The number of rotatable bonds is 10. The SMILES string of the molecule is Cc1cnc(NC2CCOCC2)nc1-n1cnc(C(=O)N[C@H](CNCc2ccc[nH]2)c2cccc(Cl)c2)c1. The molecule has 1 saturated heterocycles. The van der Waals surface area contributed by atoms with E-state index in [9.17, 15) is 4.79 Å². The number of H-pyrrole nitrogens is 1. The smallest absolute Gasteiger partial charge is 0.272 e. The molecular weight excluding hydrogens is 504 g/mol. The number of nitrogens with zero attached hydrogens (tertiary/aromatic N) is 4. The number of benzene rings is 1. The standard InChI is InChI=1S/C27H31ClN8O2/c1-18-13-31-27(33-21-7-10-38-11-8-21)35-25(18)36-16-24(32-17-36)26(37)34-23(19-4-2-5-20(28)12-19)15-29-14-22-6-3-9-30-22/h2-6,9,12-13,16-17,21,23,29-30H,7-8,10-11,14-15H2,1H3,(H,34,37)(H,31,33,35)/t23-/m1/s1. The van der Waals surface area contributed by atoms with Gasteiger partial charge in [-0.05, 0) is 49.6 Å². The summed E-state index contributed by atoms with van der Waals surface area (Å²) in [5, 5.41) is 10.5. The number of hydrogen-bond acceptors (Lipinski definition) is 7. The van der Waals surface area contributed by atoms with Crippen LogP contribution < -0.4 is 16.0 Å². The summed E-state index contributed by atoms with van der Waals surface area (Å²) in [4.78, 5) is 29.9. The zero-order chi connectivity index (χ0) is 26.3. The minimum absolute atomic E-state index is 0.275. The van der Waals surface area contributed by atoms with Gasteiger partial charge >= 0.3 is 0 Å². The third kappa shape index (κ3) is 6.58. The highest BCUT2D eigenvalue weighted by molar-refractivity contribution is 6.30. The Balaban J connectivity index is 1.29. The van der Waals surface area contributed by atoms with Crippen molar-refractivity contribution in [2.75, 3.05) is 25.1 Å². The predicted octanol–water partition coefficient (Wildman–Crippen LogP) is 3.80. The average Bonchev–Trinajstić information content (AvgIpc) is 3.63. The van der Waals surface area contributed by atoms with Gasteiger partial charge < -0.3 is 25.7 Å². The number of imidazole rings is 1. The van der Waals surface area contributed by atoms with Crippen LogP contribution in [0.15, 0.2) is 61.3 Å². The fourth-order valence-electron chi connectivity index (χ4n) is 4.38. The van der Waals surface area contributed by atoms with Crippen molar-refractivity contribution in [1.82, 2.24) is 35.1 Å². The summed E-state index contributed by atoms with van der Waals surface area (Å²) < 4.78 is 7.18. The second-order valence-electron chi connectivity index (χ2n) is 9.30. The molecule has 1 aromatic carbocycles. The molecule has 198 valence electrons. The van der Waals surface area contributed by atoms with E-state index in [4.69, 9.17) is 21.3 Å². The molecule has 4 heterocycles. The molecule has 1 atom stereocenters. The first-order chi connectivity index (χ1) is 18.5. The number of aromatic amines is 1. The van der Waals surface area contributed by atoms with Gasteiger partial charge in [-0.25, -0.2) is 9.97 Å². The zero-order valence-corrected chi connectivity index (χ0v) is 21.9. The lowest BCUT2D eigenvalue weighted by molar-refractivity contribution is 0.0903. The van der Waals surface area contributed by atoms with Crippen LogP contribution in [0.5, 0.6) is 0 Å². The van der Waals surface area contributed by atoms with Crippen LogP contribution in [0.25, 0.3) is 5.82 Å². The number of nitrogens with one attached hydrogen (secondary N) is 4. The van der Waals surface area contributed by atoms with Gasteiger partial charge in [0.15, 0.2) is 0 Å². The lowest BCUT2D eigenvalue weighted by Crippen LogP contribution is -2.35. The lowest BCUT2D eigenvalue weighted by atomic mass is 10.1. The normalized spacial score (nSPS) is 14.8. The van der Waals surface area contributed by atoms with Gasteiger partial charge in [-0.3, -0.25) is 9.36 Å². The number of aromatic nitrogens is 5. The first kappa shape index (κ1) is 25.9. The number of amides is 1. The van der Waals surface area contributed by atoms with E-state index in [-0.39, 0.29) is 18.0 Å². The summed E-state index contributed by atoms with van der Waals surface area (Å²) in [5.74, 6) is 0.925. The predicted molar refractivity (Wildman–Crippen MR) is 146 cm³/mol. The van der Waals surface area contributed by atoms with Gasteiger partial charge in [-0.2, -0.15) is 4.98 Å². The molecule has 0 saturated carbocycles. The fourth-order valence-corrected chi connectivity index (χ4v) is 4.58. The highest BCUT2D eigenvalue weighted by Crippen LogP contribution is 2.19. The van der Waals surface area contributed by atoms with Gasteiger partial charge in [0.2, 0.25) is 5.95 Å². The van der Waals surface area contributed by atoms with Crippen molar-refractivity contribution in [3.8, 4) is 5.82 Å². The van der Waals surface area contributed by atoms with E-state index >= 15 is 0 Å². The number of anilines is 1. The van der Waals surface area contributed by atoms with Gasteiger partial charge in [-0.1, -0.05) is 23.7 Å². The van der Waals surface area contributed by atoms with Crippen LogP contribution in [0.4, 0.5) is 5.95 Å². The van der Waals surface area contributed by atoms with Crippen molar-refractivity contribution in [2.45, 2.75) is 38.4 Å². The molecule has 3 aromatic heterocycles. The Labute approximate surface area is 226 Å². The Kier molecular flexibility index (Phi) is 8.32. The van der Waals surface area contributed by atoms with Crippen LogP contribution in [-0.4, -0.2) is 56.2 Å². The molecule has 1 amide bonds. The van der Waals surface area contributed by atoms with Crippen molar-refractivity contribution < 1.29 is 9.53 Å². The molecule has 0 spiro atoms. The minimum atomic E-state index is -0.308. The molecule has 0 radical (unpaired) electrons. The molecule has 0 bridgehead atoms. The number of ether oxygens (including phenoxy) is 1. The van der Waals surface area contributed by atoms with Crippen LogP contribution in [0.3, 0.4) is 0 Å². The van der Waals surface area contributed by atoms with Crippen LogP contribution >= 0.6 is 11.6 Å². The van der Waals surface area contributed by atoms with Gasteiger partial charge in [-0.15, -0.1) is 0 Å². The van der Waals surface area contributed by atoms with E-state index in [1.807, 2.05) is 49.5 Å². The number of hydrogen-bond donors (Lipinski definition) is 4. The summed E-state index contributed by atoms with van der Waals surface area (Å²) in [6, 6.07) is 11.4. The quantitative estimate of drug-likeness (QED) is 0.244. The molecule has 4 aromatic rings. The van der Waals surface area contributed by atoms with Crippen molar-refractivity contribution in [3.63, 3.8) is 0 Å². The largest absolute Gasteiger partial charge is 0.381 e. The topological polar surface area (TPSA) is 122 Å². The maximum Gasteiger partial charge on any atom is 0.272 e. The third-order valence-corrected chi connectivity index (χ3v) is 6.68. The lowest BCUT2D eigenvalue weighted by Gasteiger charge is -2.23. The maximum atomic E-state index is 13.3. The van der Waals surface area contributed by atoms with E-state index in [1.54, 1.807) is 23.3 Å². The Hall–Kier alpha value is -3.73. The maximum absolute atomic E-state index is 13.3. The van der Waals surface area contributed by atoms with Gasteiger partial charge in [0.25, 0.3) is 5.91 Å². The average molecular weight is 535 g/mol. The molecule has 11 heteroatoms. The van der Waals surface area contributed by atoms with Crippen LogP contribution in [0.1, 0.15) is 46.2 Å². The zero-order valence-electron chi connectivity index (χ0n) is 21.2. The molecule has 1 aliphatic rings. The number of halogens is 1.